The van der Waals surface area contributed by atoms with Gasteiger partial charge in [0.15, 0.2) is 0 Å². The zero-order valence-electron chi connectivity index (χ0n) is 10.9. The van der Waals surface area contributed by atoms with E-state index in [4.69, 9.17) is 4.74 Å². The molecule has 0 unspecified atom stereocenters. The molecule has 1 aromatic heterocycles. The van der Waals surface area contributed by atoms with Crippen molar-refractivity contribution >= 4 is 17.2 Å². The fourth-order valence-electron chi connectivity index (χ4n) is 1.86. The highest BCUT2D eigenvalue weighted by molar-refractivity contribution is 7.09. The molecular formula is C15H17NO2S. The van der Waals surface area contributed by atoms with Crippen molar-refractivity contribution < 1.29 is 9.53 Å². The van der Waals surface area contributed by atoms with Crippen LogP contribution in [0.3, 0.4) is 0 Å². The van der Waals surface area contributed by atoms with Gasteiger partial charge >= 0.3 is 0 Å². The summed E-state index contributed by atoms with van der Waals surface area (Å²) in [6.45, 7) is 0.675. The Kier molecular flexibility index (Phi) is 4.98. The van der Waals surface area contributed by atoms with Gasteiger partial charge in [0.25, 0.3) is 0 Å². The average Bonchev–Trinajstić information content (AvgIpc) is 2.92. The molecular weight excluding hydrogens is 258 g/mol. The maximum atomic E-state index is 11.8. The highest BCUT2D eigenvalue weighted by Gasteiger charge is 2.07. The summed E-state index contributed by atoms with van der Waals surface area (Å²) >= 11 is 1.71. The lowest BCUT2D eigenvalue weighted by molar-refractivity contribution is -0.120. The number of hydrogen-bond donors (Lipinski definition) is 1. The number of amides is 1. The first-order valence-electron chi connectivity index (χ1n) is 6.20. The van der Waals surface area contributed by atoms with E-state index in [1.165, 1.54) is 4.88 Å². The summed E-state index contributed by atoms with van der Waals surface area (Å²) in [4.78, 5) is 13.1. The van der Waals surface area contributed by atoms with Crippen LogP contribution in [0.4, 0.5) is 0 Å². The monoisotopic (exact) mass is 275 g/mol. The topological polar surface area (TPSA) is 38.3 Å². The highest BCUT2D eigenvalue weighted by atomic mass is 32.1. The van der Waals surface area contributed by atoms with E-state index >= 15 is 0 Å². The Morgan fingerprint density at radius 1 is 1.26 bits per heavy atom. The third-order valence-electron chi connectivity index (χ3n) is 2.82. The minimum absolute atomic E-state index is 0.0288. The molecule has 3 nitrogen and oxygen atoms in total. The van der Waals surface area contributed by atoms with Crippen LogP contribution in [-0.4, -0.2) is 19.6 Å². The summed E-state index contributed by atoms with van der Waals surface area (Å²) in [5.74, 6) is 0.789. The first kappa shape index (κ1) is 13.6. The second kappa shape index (κ2) is 6.95. The number of para-hydroxylation sites is 1. The van der Waals surface area contributed by atoms with E-state index in [1.807, 2.05) is 35.7 Å². The lowest BCUT2D eigenvalue weighted by atomic mass is 10.1. The minimum Gasteiger partial charge on any atom is -0.496 e. The second-order valence-corrected chi connectivity index (χ2v) is 5.20. The van der Waals surface area contributed by atoms with Crippen LogP contribution < -0.4 is 10.1 Å². The van der Waals surface area contributed by atoms with E-state index in [0.29, 0.717) is 13.0 Å². The molecule has 0 bridgehead atoms. The van der Waals surface area contributed by atoms with Gasteiger partial charge in [-0.1, -0.05) is 24.3 Å². The van der Waals surface area contributed by atoms with Gasteiger partial charge in [0.1, 0.15) is 5.75 Å². The predicted molar refractivity (Wildman–Crippen MR) is 77.7 cm³/mol. The van der Waals surface area contributed by atoms with E-state index < -0.39 is 0 Å². The van der Waals surface area contributed by atoms with Crippen LogP contribution in [0.15, 0.2) is 41.8 Å². The van der Waals surface area contributed by atoms with Crippen LogP contribution >= 0.6 is 11.3 Å². The maximum Gasteiger partial charge on any atom is 0.224 e. The number of hydrogen-bond acceptors (Lipinski definition) is 3. The molecule has 0 aliphatic carbocycles. The molecule has 1 amide bonds. The summed E-state index contributed by atoms with van der Waals surface area (Å²) in [6, 6.07) is 11.7. The van der Waals surface area contributed by atoms with Crippen molar-refractivity contribution in [2.24, 2.45) is 0 Å². The third-order valence-corrected chi connectivity index (χ3v) is 3.75. The molecule has 2 aromatic rings. The van der Waals surface area contributed by atoms with Crippen molar-refractivity contribution in [2.45, 2.75) is 12.8 Å². The highest BCUT2D eigenvalue weighted by Crippen LogP contribution is 2.17. The van der Waals surface area contributed by atoms with Crippen LogP contribution in [0.25, 0.3) is 0 Å². The SMILES string of the molecule is COc1ccccc1CC(=O)NCCc1cccs1. The predicted octanol–water partition coefficient (Wildman–Crippen LogP) is 2.66. The summed E-state index contributed by atoms with van der Waals surface area (Å²) in [6.07, 6.45) is 1.24. The number of carbonyl (C=O) groups is 1. The molecule has 100 valence electrons. The molecule has 2 rings (SSSR count). The quantitative estimate of drug-likeness (QED) is 0.880. The standard InChI is InChI=1S/C15H17NO2S/c1-18-14-7-3-2-5-12(14)11-15(17)16-9-8-13-6-4-10-19-13/h2-7,10H,8-9,11H2,1H3,(H,16,17). The van der Waals surface area contributed by atoms with Gasteiger partial charge in [0.05, 0.1) is 13.5 Å². The molecule has 0 spiro atoms. The van der Waals surface area contributed by atoms with Crippen LogP contribution in [0, 0.1) is 0 Å². The first-order chi connectivity index (χ1) is 9.29. The fraction of sp³-hybridized carbons (Fsp3) is 0.267. The van der Waals surface area contributed by atoms with Gasteiger partial charge in [0, 0.05) is 17.0 Å². The van der Waals surface area contributed by atoms with Gasteiger partial charge in [-0.2, -0.15) is 0 Å². The molecule has 0 atom stereocenters. The number of benzene rings is 1. The van der Waals surface area contributed by atoms with Crippen LogP contribution in [-0.2, 0) is 17.6 Å². The number of ether oxygens (including phenoxy) is 1. The van der Waals surface area contributed by atoms with Gasteiger partial charge < -0.3 is 10.1 Å². The molecule has 19 heavy (non-hydrogen) atoms. The number of methoxy groups -OCH3 is 1. The molecule has 1 heterocycles. The van der Waals surface area contributed by atoms with Crippen molar-refractivity contribution in [2.75, 3.05) is 13.7 Å². The van der Waals surface area contributed by atoms with E-state index in [1.54, 1.807) is 18.4 Å². The van der Waals surface area contributed by atoms with Crippen molar-refractivity contribution in [3.05, 3.63) is 52.2 Å². The Balaban J connectivity index is 1.80. The van der Waals surface area contributed by atoms with Crippen molar-refractivity contribution in [3.63, 3.8) is 0 Å². The number of nitrogens with one attached hydrogen (secondary N) is 1. The molecule has 0 radical (unpaired) electrons. The van der Waals surface area contributed by atoms with Crippen LogP contribution in [0.5, 0.6) is 5.75 Å². The van der Waals surface area contributed by atoms with Gasteiger partial charge in [0.2, 0.25) is 5.91 Å². The lowest BCUT2D eigenvalue weighted by Gasteiger charge is -2.08. The second-order valence-electron chi connectivity index (χ2n) is 4.17. The molecule has 0 aliphatic rings. The Morgan fingerprint density at radius 3 is 2.84 bits per heavy atom. The van der Waals surface area contributed by atoms with Gasteiger partial charge in [-0.25, -0.2) is 0 Å². The smallest absolute Gasteiger partial charge is 0.224 e. The van der Waals surface area contributed by atoms with Gasteiger partial charge in [-0.05, 0) is 23.9 Å². The summed E-state index contributed by atoms with van der Waals surface area (Å²) < 4.78 is 5.23. The molecule has 0 saturated carbocycles. The van der Waals surface area contributed by atoms with E-state index in [0.717, 1.165) is 17.7 Å². The van der Waals surface area contributed by atoms with Gasteiger partial charge in [-0.15, -0.1) is 11.3 Å². The minimum atomic E-state index is 0.0288. The van der Waals surface area contributed by atoms with E-state index in [-0.39, 0.29) is 5.91 Å². The maximum absolute atomic E-state index is 11.8. The van der Waals surface area contributed by atoms with E-state index in [9.17, 15) is 4.79 Å². The largest absolute Gasteiger partial charge is 0.496 e. The Labute approximate surface area is 117 Å². The normalized spacial score (nSPS) is 10.2. The third kappa shape index (κ3) is 4.10. The van der Waals surface area contributed by atoms with Crippen molar-refractivity contribution in [1.29, 1.82) is 0 Å². The van der Waals surface area contributed by atoms with E-state index in [2.05, 4.69) is 11.4 Å². The summed E-state index contributed by atoms with van der Waals surface area (Å²) in [5.41, 5.74) is 0.915. The molecule has 4 heteroatoms. The lowest BCUT2D eigenvalue weighted by Crippen LogP contribution is -2.27. The molecule has 0 aliphatic heterocycles. The number of rotatable bonds is 6. The summed E-state index contributed by atoms with van der Waals surface area (Å²) in [5, 5.41) is 4.98. The first-order valence-corrected chi connectivity index (χ1v) is 7.08. The van der Waals surface area contributed by atoms with Gasteiger partial charge in [-0.3, -0.25) is 4.79 Å². The Bertz CT molecular complexity index is 523. The average molecular weight is 275 g/mol. The number of thiophene rings is 1. The molecule has 1 aromatic carbocycles. The summed E-state index contributed by atoms with van der Waals surface area (Å²) in [7, 11) is 1.62. The molecule has 0 saturated heterocycles. The Hall–Kier alpha value is -1.81. The van der Waals surface area contributed by atoms with Crippen molar-refractivity contribution in [3.8, 4) is 5.75 Å². The van der Waals surface area contributed by atoms with Crippen LogP contribution in [0.2, 0.25) is 0 Å². The molecule has 1 N–H and O–H groups in total. The zero-order valence-corrected chi connectivity index (χ0v) is 11.7. The fourth-order valence-corrected chi connectivity index (χ4v) is 2.57. The van der Waals surface area contributed by atoms with Crippen LogP contribution in [0.1, 0.15) is 10.4 Å². The molecule has 0 fully saturated rings. The Morgan fingerprint density at radius 2 is 2.11 bits per heavy atom. The number of carbonyl (C=O) groups excluding carboxylic acids is 1. The van der Waals surface area contributed by atoms with Crippen molar-refractivity contribution in [1.82, 2.24) is 5.32 Å². The zero-order chi connectivity index (χ0) is 13.5.